The molecular formula is C45H54F2N16O6S. The molecule has 0 bridgehead atoms. The van der Waals surface area contributed by atoms with Gasteiger partial charge in [-0.1, -0.05) is 24.3 Å². The van der Waals surface area contributed by atoms with Crippen molar-refractivity contribution < 1.29 is 35.5 Å². The lowest BCUT2D eigenvalue weighted by Gasteiger charge is -2.15. The molecule has 8 aromatic rings. The van der Waals surface area contributed by atoms with Crippen LogP contribution in [0.3, 0.4) is 0 Å². The number of alkyl halides is 2. The number of rotatable bonds is 17. The van der Waals surface area contributed by atoms with Crippen LogP contribution in [0.1, 0.15) is 24.0 Å². The van der Waals surface area contributed by atoms with Crippen molar-refractivity contribution in [2.75, 3.05) is 88.6 Å². The maximum atomic E-state index is 13.2. The summed E-state index contributed by atoms with van der Waals surface area (Å²) in [6.45, 7) is 6.72. The van der Waals surface area contributed by atoms with Crippen molar-refractivity contribution in [3.05, 3.63) is 96.4 Å². The SMILES string of the molecule is CS(=O)(=O)c1nc(N)n2nc(-c3ccco3)nc2n1.NCCc1ccc(OCCN2CC[C@H](F)C2)cc1.Nc1nc(NCCc2ccc(OCCN3CC[C@H](F)C3)cc2)nc2nc(-c3ccco3)nn12. The van der Waals surface area contributed by atoms with Gasteiger partial charge in [-0.05, 0) is 91.9 Å². The highest BCUT2D eigenvalue weighted by Gasteiger charge is 2.23. The summed E-state index contributed by atoms with van der Waals surface area (Å²) in [4.78, 5) is 28.7. The molecule has 2 aliphatic heterocycles. The van der Waals surface area contributed by atoms with Gasteiger partial charge in [0.25, 0.3) is 16.7 Å². The first-order valence-electron chi connectivity index (χ1n) is 22.6. The monoisotopic (exact) mass is 984 g/mol. The van der Waals surface area contributed by atoms with Gasteiger partial charge in [0.1, 0.15) is 37.1 Å². The zero-order valence-electron chi connectivity index (χ0n) is 38.3. The fourth-order valence-electron chi connectivity index (χ4n) is 7.41. The molecule has 25 heteroatoms. The van der Waals surface area contributed by atoms with Crippen molar-refractivity contribution in [2.45, 2.75) is 43.2 Å². The van der Waals surface area contributed by atoms with Crippen molar-refractivity contribution >= 4 is 39.2 Å². The van der Waals surface area contributed by atoms with Gasteiger partial charge in [-0.25, -0.2) is 17.2 Å². The fourth-order valence-corrected chi connectivity index (χ4v) is 7.92. The van der Waals surface area contributed by atoms with Crippen LogP contribution in [-0.2, 0) is 22.7 Å². The Morgan fingerprint density at radius 2 is 1.19 bits per heavy atom. The minimum atomic E-state index is -3.57. The maximum Gasteiger partial charge on any atom is 0.259 e. The predicted octanol–water partition coefficient (Wildman–Crippen LogP) is 3.81. The number of sulfone groups is 1. The smallest absolute Gasteiger partial charge is 0.259 e. The van der Waals surface area contributed by atoms with Crippen LogP contribution >= 0.6 is 0 Å². The van der Waals surface area contributed by atoms with Crippen LogP contribution < -0.4 is 32.0 Å². The number of nitrogens with one attached hydrogen (secondary N) is 1. The molecule has 0 saturated carbocycles. The minimum Gasteiger partial charge on any atom is -0.492 e. The summed E-state index contributed by atoms with van der Waals surface area (Å²) in [6.07, 6.45) is 5.61. The van der Waals surface area contributed by atoms with Gasteiger partial charge in [0, 0.05) is 52.1 Å². The van der Waals surface area contributed by atoms with E-state index >= 15 is 0 Å². The lowest BCUT2D eigenvalue weighted by molar-refractivity contribution is 0.224. The number of halogens is 2. The van der Waals surface area contributed by atoms with E-state index in [1.165, 1.54) is 16.3 Å². The number of likely N-dealkylation sites (tertiary alicyclic amines) is 2. The lowest BCUT2D eigenvalue weighted by Crippen LogP contribution is -2.26. The van der Waals surface area contributed by atoms with E-state index in [2.05, 4.69) is 55.2 Å². The number of nitrogens with zero attached hydrogens (tertiary/aromatic N) is 12. The standard InChI is InChI=1S/C22H25FN8O2.C14H21FN2O.C9H8N6O3S/c23-16-8-10-30(14-16)11-13-32-17-5-3-15(4-6-17)7-9-25-21-27-20(24)31-22(28-21)26-19(29-31)18-2-1-12-33-18;15-13-6-8-17(11-13)9-10-18-14-3-1-12(2-4-14)5-7-16;1-19(16,17)9-12-7(10)15-8(13-9)11-6(14-15)5-3-2-4-18-5/h1-6,12,16H,7-11,13-14H2,(H3,24,25,26,27,28,29);1-4,13H,5-11,16H2;2-4H,1H3,(H2,10,11,12,13,14)/t16-;13-;/m00./s1. The van der Waals surface area contributed by atoms with Crippen molar-refractivity contribution in [3.63, 3.8) is 0 Å². The first-order chi connectivity index (χ1) is 33.9. The molecule has 2 saturated heterocycles. The number of benzene rings is 2. The molecule has 0 unspecified atom stereocenters. The third-order valence-corrected chi connectivity index (χ3v) is 11.9. The molecule has 22 nitrogen and oxygen atoms in total. The third kappa shape index (κ3) is 13.2. The topological polar surface area (TPSA) is 287 Å². The van der Waals surface area contributed by atoms with Gasteiger partial charge in [-0.2, -0.15) is 38.9 Å². The Balaban J connectivity index is 0.000000152. The molecule has 7 N–H and O–H groups in total. The molecule has 2 aliphatic rings. The number of nitrogen functional groups attached to an aromatic ring is 2. The fraction of sp³-hybridized carbons (Fsp3) is 0.378. The van der Waals surface area contributed by atoms with Crippen LogP contribution in [0.4, 0.5) is 26.6 Å². The summed E-state index contributed by atoms with van der Waals surface area (Å²) < 4.78 is 73.4. The van der Waals surface area contributed by atoms with Crippen molar-refractivity contribution in [1.29, 1.82) is 0 Å². The Bertz CT molecular complexity index is 3010. The Morgan fingerprint density at radius 1 is 0.686 bits per heavy atom. The quantitative estimate of drug-likeness (QED) is 0.101. The number of aromatic nitrogens is 10. The largest absolute Gasteiger partial charge is 0.492 e. The summed E-state index contributed by atoms with van der Waals surface area (Å²) in [5, 5.41) is 11.1. The first-order valence-corrected chi connectivity index (χ1v) is 24.4. The van der Waals surface area contributed by atoms with Gasteiger partial charge in [0.2, 0.25) is 39.3 Å². The van der Waals surface area contributed by atoms with Gasteiger partial charge >= 0.3 is 0 Å². The van der Waals surface area contributed by atoms with Crippen molar-refractivity contribution in [2.24, 2.45) is 5.73 Å². The van der Waals surface area contributed by atoms with Gasteiger partial charge in [0.05, 0.1) is 12.5 Å². The summed E-state index contributed by atoms with van der Waals surface area (Å²) in [5.74, 6) is 4.11. The molecular weight excluding hydrogens is 931 g/mol. The van der Waals surface area contributed by atoms with Crippen LogP contribution in [0.25, 0.3) is 34.7 Å². The average Bonchev–Trinajstić information content (AvgIpc) is 4.21. The molecule has 370 valence electrons. The number of fused-ring (bicyclic) bond motifs is 2. The Morgan fingerprint density at radius 3 is 1.64 bits per heavy atom. The number of ether oxygens (including phenoxy) is 2. The number of furan rings is 2. The van der Waals surface area contributed by atoms with Crippen molar-refractivity contribution in [1.82, 2.24) is 58.9 Å². The van der Waals surface area contributed by atoms with Crippen molar-refractivity contribution in [3.8, 4) is 34.7 Å². The molecule has 8 heterocycles. The molecule has 0 spiro atoms. The van der Waals surface area contributed by atoms with Gasteiger partial charge in [-0.15, -0.1) is 10.2 Å². The molecule has 2 atom stereocenters. The second-order valence-electron chi connectivity index (χ2n) is 16.4. The van der Waals surface area contributed by atoms with Crippen LogP contribution in [0.5, 0.6) is 11.5 Å². The number of hydrogen-bond donors (Lipinski definition) is 4. The number of nitrogens with two attached hydrogens (primary N) is 3. The van der Waals surface area contributed by atoms with E-state index in [1.807, 2.05) is 48.5 Å². The first kappa shape index (κ1) is 49.1. The Kier molecular flexibility index (Phi) is 16.0. The second kappa shape index (κ2) is 22.8. The summed E-state index contributed by atoms with van der Waals surface area (Å²) in [6, 6.07) is 22.8. The summed E-state index contributed by atoms with van der Waals surface area (Å²) in [5.41, 5.74) is 19.5. The Labute approximate surface area is 401 Å². The van der Waals surface area contributed by atoms with E-state index in [4.69, 9.17) is 35.5 Å². The molecule has 70 heavy (non-hydrogen) atoms. The molecule has 2 aromatic carbocycles. The van der Waals surface area contributed by atoms with E-state index in [9.17, 15) is 17.2 Å². The van der Waals surface area contributed by atoms with Gasteiger partial charge in [0.15, 0.2) is 11.5 Å². The molecule has 0 radical (unpaired) electrons. The van der Waals surface area contributed by atoms with Gasteiger partial charge in [-0.3, -0.25) is 9.80 Å². The van der Waals surface area contributed by atoms with E-state index in [-0.39, 0.29) is 23.5 Å². The van der Waals surface area contributed by atoms with E-state index in [1.54, 1.807) is 30.5 Å². The normalized spacial score (nSPS) is 16.2. The van der Waals surface area contributed by atoms with E-state index < -0.39 is 27.3 Å². The van der Waals surface area contributed by atoms with Crippen LogP contribution in [0.15, 0.2) is 99.3 Å². The highest BCUT2D eigenvalue weighted by molar-refractivity contribution is 7.90. The third-order valence-electron chi connectivity index (χ3n) is 11.0. The second-order valence-corrected chi connectivity index (χ2v) is 18.3. The highest BCUT2D eigenvalue weighted by Crippen LogP contribution is 2.21. The molecule has 0 amide bonds. The van der Waals surface area contributed by atoms with Gasteiger partial charge < -0.3 is 40.8 Å². The van der Waals surface area contributed by atoms with E-state index in [0.717, 1.165) is 66.9 Å². The van der Waals surface area contributed by atoms with Crippen LogP contribution in [-0.4, -0.2) is 152 Å². The van der Waals surface area contributed by atoms with Crippen LogP contribution in [0.2, 0.25) is 0 Å². The van der Waals surface area contributed by atoms with E-state index in [0.29, 0.717) is 81.3 Å². The number of hydrogen-bond acceptors (Lipinski definition) is 20. The number of anilines is 3. The minimum absolute atomic E-state index is 0.0410. The lowest BCUT2D eigenvalue weighted by atomic mass is 10.1. The van der Waals surface area contributed by atoms with Crippen LogP contribution in [0, 0.1) is 0 Å². The highest BCUT2D eigenvalue weighted by atomic mass is 32.2. The zero-order chi connectivity index (χ0) is 49.0. The molecule has 2 fully saturated rings. The summed E-state index contributed by atoms with van der Waals surface area (Å²) in [7, 11) is -3.57. The summed E-state index contributed by atoms with van der Waals surface area (Å²) >= 11 is 0. The molecule has 0 aliphatic carbocycles. The maximum absolute atomic E-state index is 13.2. The predicted molar refractivity (Wildman–Crippen MR) is 255 cm³/mol. The zero-order valence-corrected chi connectivity index (χ0v) is 39.2. The average molecular weight is 985 g/mol. The molecule has 6 aromatic heterocycles. The molecule has 10 rings (SSSR count). The Hall–Kier alpha value is -7.35.